The van der Waals surface area contributed by atoms with Crippen molar-refractivity contribution in [3.05, 3.63) is 53.6 Å². The van der Waals surface area contributed by atoms with Gasteiger partial charge in [-0.2, -0.15) is 0 Å². The molecule has 0 spiro atoms. The van der Waals surface area contributed by atoms with Gasteiger partial charge in [-0.3, -0.25) is 0 Å². The molecule has 4 nitrogen and oxygen atoms in total. The third-order valence-electron chi connectivity index (χ3n) is 3.01. The lowest BCUT2D eigenvalue weighted by Crippen LogP contribution is -2.31. The van der Waals surface area contributed by atoms with E-state index in [0.29, 0.717) is 18.1 Å². The highest BCUT2D eigenvalue weighted by Crippen LogP contribution is 2.17. The van der Waals surface area contributed by atoms with Crippen LogP contribution < -0.4 is 14.9 Å². The molecule has 0 atom stereocenters. The molecule has 0 saturated heterocycles. The minimum Gasteiger partial charge on any atom is -0.497 e. The molecule has 2 aromatic carbocycles. The van der Waals surface area contributed by atoms with E-state index in [4.69, 9.17) is 9.47 Å². The Balaban J connectivity index is 2.14. The molecular weight excluding hydrogens is 255 g/mol. The van der Waals surface area contributed by atoms with E-state index in [9.17, 15) is 10.0 Å². The first-order valence-electron chi connectivity index (χ1n) is 6.32. The molecule has 5 heteroatoms. The van der Waals surface area contributed by atoms with Crippen molar-refractivity contribution in [3.8, 4) is 11.5 Å². The zero-order valence-electron chi connectivity index (χ0n) is 11.5. The van der Waals surface area contributed by atoms with Crippen LogP contribution in [0, 0.1) is 6.92 Å². The molecule has 0 radical (unpaired) electrons. The minimum absolute atomic E-state index is 0.288. The SMILES string of the molecule is COc1ccc(OCc2ccc(C)cc2)c(B(O)O)c1. The Morgan fingerprint density at radius 3 is 2.35 bits per heavy atom. The zero-order chi connectivity index (χ0) is 14.5. The van der Waals surface area contributed by atoms with Gasteiger partial charge >= 0.3 is 7.12 Å². The quantitative estimate of drug-likeness (QED) is 0.804. The molecule has 20 heavy (non-hydrogen) atoms. The molecule has 0 bridgehead atoms. The van der Waals surface area contributed by atoms with E-state index < -0.39 is 7.12 Å². The van der Waals surface area contributed by atoms with E-state index in [1.807, 2.05) is 31.2 Å². The van der Waals surface area contributed by atoms with Crippen molar-refractivity contribution >= 4 is 12.6 Å². The normalized spacial score (nSPS) is 10.2. The van der Waals surface area contributed by atoms with Gasteiger partial charge in [-0.15, -0.1) is 0 Å². The first-order chi connectivity index (χ1) is 9.60. The van der Waals surface area contributed by atoms with Crippen molar-refractivity contribution in [1.82, 2.24) is 0 Å². The van der Waals surface area contributed by atoms with Gasteiger partial charge < -0.3 is 19.5 Å². The molecule has 2 N–H and O–H groups in total. The number of ether oxygens (including phenoxy) is 2. The second-order valence-electron chi connectivity index (χ2n) is 4.55. The van der Waals surface area contributed by atoms with E-state index in [1.165, 1.54) is 12.7 Å². The second kappa shape index (κ2) is 6.46. The summed E-state index contributed by atoms with van der Waals surface area (Å²) in [6.45, 7) is 2.39. The maximum atomic E-state index is 9.38. The Kier molecular flexibility index (Phi) is 4.66. The van der Waals surface area contributed by atoms with E-state index in [1.54, 1.807) is 18.2 Å². The summed E-state index contributed by atoms with van der Waals surface area (Å²) in [5, 5.41) is 18.8. The van der Waals surface area contributed by atoms with Crippen molar-refractivity contribution in [2.45, 2.75) is 13.5 Å². The summed E-state index contributed by atoms with van der Waals surface area (Å²) >= 11 is 0. The Morgan fingerprint density at radius 2 is 1.75 bits per heavy atom. The van der Waals surface area contributed by atoms with Crippen molar-refractivity contribution in [2.24, 2.45) is 0 Å². The number of benzene rings is 2. The molecule has 2 rings (SSSR count). The molecule has 104 valence electrons. The van der Waals surface area contributed by atoms with Crippen LogP contribution in [-0.4, -0.2) is 24.3 Å². The van der Waals surface area contributed by atoms with E-state index >= 15 is 0 Å². The average Bonchev–Trinajstić information content (AvgIpc) is 2.46. The smallest absolute Gasteiger partial charge is 0.492 e. The van der Waals surface area contributed by atoms with Crippen molar-refractivity contribution in [1.29, 1.82) is 0 Å². The molecule has 0 heterocycles. The van der Waals surface area contributed by atoms with Gasteiger partial charge in [0, 0.05) is 5.46 Å². The standard InChI is InChI=1S/C15H17BO4/c1-11-3-5-12(6-4-11)10-20-15-8-7-13(19-2)9-14(15)16(17)18/h3-9,17-18H,10H2,1-2H3. The third kappa shape index (κ3) is 3.53. The van der Waals surface area contributed by atoms with Gasteiger partial charge in [0.1, 0.15) is 18.1 Å². The van der Waals surface area contributed by atoms with Gasteiger partial charge in [0.05, 0.1) is 7.11 Å². The molecule has 0 fully saturated rings. The lowest BCUT2D eigenvalue weighted by molar-refractivity contribution is 0.306. The first-order valence-corrected chi connectivity index (χ1v) is 6.32. The van der Waals surface area contributed by atoms with Gasteiger partial charge in [-0.25, -0.2) is 0 Å². The number of aryl methyl sites for hydroxylation is 1. The fourth-order valence-corrected chi connectivity index (χ4v) is 1.83. The highest BCUT2D eigenvalue weighted by atomic mass is 16.5. The monoisotopic (exact) mass is 272 g/mol. The minimum atomic E-state index is -1.60. The molecule has 0 aromatic heterocycles. The average molecular weight is 272 g/mol. The van der Waals surface area contributed by atoms with Crippen LogP contribution in [0.3, 0.4) is 0 Å². The van der Waals surface area contributed by atoms with Crippen LogP contribution in [0.1, 0.15) is 11.1 Å². The van der Waals surface area contributed by atoms with Crippen molar-refractivity contribution in [3.63, 3.8) is 0 Å². The van der Waals surface area contributed by atoms with Crippen LogP contribution in [0.2, 0.25) is 0 Å². The second-order valence-corrected chi connectivity index (χ2v) is 4.55. The number of hydrogen-bond acceptors (Lipinski definition) is 4. The summed E-state index contributed by atoms with van der Waals surface area (Å²) in [5.41, 5.74) is 2.49. The maximum absolute atomic E-state index is 9.38. The molecule has 2 aromatic rings. The maximum Gasteiger partial charge on any atom is 0.492 e. The molecule has 0 unspecified atom stereocenters. The number of rotatable bonds is 5. The zero-order valence-corrected chi connectivity index (χ0v) is 11.5. The largest absolute Gasteiger partial charge is 0.497 e. The van der Waals surface area contributed by atoms with Gasteiger partial charge in [0.2, 0.25) is 0 Å². The van der Waals surface area contributed by atoms with Gasteiger partial charge in [-0.05, 0) is 30.7 Å². The van der Waals surface area contributed by atoms with Crippen LogP contribution in [0.25, 0.3) is 0 Å². The molecule has 0 aliphatic heterocycles. The topological polar surface area (TPSA) is 58.9 Å². The Bertz CT molecular complexity index is 567. The molecule has 0 aliphatic carbocycles. The van der Waals surface area contributed by atoms with Gasteiger partial charge in [0.25, 0.3) is 0 Å². The van der Waals surface area contributed by atoms with Crippen molar-refractivity contribution in [2.75, 3.05) is 7.11 Å². The molecular formula is C15H17BO4. The fourth-order valence-electron chi connectivity index (χ4n) is 1.83. The molecule has 0 aliphatic rings. The van der Waals surface area contributed by atoms with Crippen LogP contribution in [-0.2, 0) is 6.61 Å². The summed E-state index contributed by atoms with van der Waals surface area (Å²) in [4.78, 5) is 0. The number of hydrogen-bond donors (Lipinski definition) is 2. The van der Waals surface area contributed by atoms with Crippen LogP contribution in [0.5, 0.6) is 11.5 Å². The summed E-state index contributed by atoms with van der Waals surface area (Å²) < 4.78 is 10.7. The Morgan fingerprint density at radius 1 is 1.05 bits per heavy atom. The van der Waals surface area contributed by atoms with Crippen LogP contribution in [0.15, 0.2) is 42.5 Å². The lowest BCUT2D eigenvalue weighted by atomic mass is 9.79. The molecule has 0 saturated carbocycles. The highest BCUT2D eigenvalue weighted by Gasteiger charge is 2.18. The fraction of sp³-hybridized carbons (Fsp3) is 0.200. The van der Waals surface area contributed by atoms with Crippen LogP contribution in [0.4, 0.5) is 0 Å². The van der Waals surface area contributed by atoms with Crippen LogP contribution >= 0.6 is 0 Å². The van der Waals surface area contributed by atoms with E-state index in [2.05, 4.69) is 0 Å². The Hall–Kier alpha value is -1.98. The molecule has 0 amide bonds. The predicted molar refractivity (Wildman–Crippen MR) is 78.3 cm³/mol. The predicted octanol–water partition coefficient (Wildman–Crippen LogP) is 1.26. The first kappa shape index (κ1) is 14.4. The van der Waals surface area contributed by atoms with Gasteiger partial charge in [-0.1, -0.05) is 29.8 Å². The summed E-state index contributed by atoms with van der Waals surface area (Å²) in [5.74, 6) is 0.983. The Labute approximate surface area is 118 Å². The highest BCUT2D eigenvalue weighted by molar-refractivity contribution is 6.59. The number of methoxy groups -OCH3 is 1. The summed E-state index contributed by atoms with van der Waals surface area (Å²) in [6.07, 6.45) is 0. The van der Waals surface area contributed by atoms with E-state index in [0.717, 1.165) is 5.56 Å². The van der Waals surface area contributed by atoms with E-state index in [-0.39, 0.29) is 5.46 Å². The third-order valence-corrected chi connectivity index (χ3v) is 3.01. The summed E-state index contributed by atoms with van der Waals surface area (Å²) in [7, 11) is -0.0755. The van der Waals surface area contributed by atoms with Crippen molar-refractivity contribution < 1.29 is 19.5 Å². The summed E-state index contributed by atoms with van der Waals surface area (Å²) in [6, 6.07) is 12.9. The lowest BCUT2D eigenvalue weighted by Gasteiger charge is -2.12. The van der Waals surface area contributed by atoms with Gasteiger partial charge in [0.15, 0.2) is 0 Å².